The van der Waals surface area contributed by atoms with Crippen molar-refractivity contribution in [3.63, 3.8) is 0 Å². The third kappa shape index (κ3) is 4.69. The summed E-state index contributed by atoms with van der Waals surface area (Å²) >= 11 is 2.96. The minimum Gasteiger partial charge on any atom is -0.391 e. The molecule has 194 valence electrons. The molecule has 1 aromatic carbocycles. The van der Waals surface area contributed by atoms with Crippen molar-refractivity contribution in [2.75, 3.05) is 6.54 Å². The summed E-state index contributed by atoms with van der Waals surface area (Å²) in [6, 6.07) is 9.65. The summed E-state index contributed by atoms with van der Waals surface area (Å²) in [4.78, 5) is 39.8. The highest BCUT2D eigenvalue weighted by molar-refractivity contribution is 7.13. The number of rotatable bonds is 6. The molecule has 1 saturated heterocycles. The van der Waals surface area contributed by atoms with E-state index in [9.17, 15) is 14.7 Å². The average molecular weight is 537 g/mol. The number of β-amino-alcohol motifs (C(OH)–C–C–N with tert-alkyl or cyclic N) is 1. The number of aliphatic hydroxyl groups is 1. The largest absolute Gasteiger partial charge is 0.391 e. The van der Waals surface area contributed by atoms with Gasteiger partial charge in [0.05, 0.1) is 45.3 Å². The maximum absolute atomic E-state index is 13.8. The second-order valence-electron chi connectivity index (χ2n) is 10.7. The fraction of sp³-hybridized carbons (Fsp3) is 0.464. The number of thiazole rings is 1. The Bertz CT molecular complexity index is 1360. The van der Waals surface area contributed by atoms with Crippen molar-refractivity contribution in [1.82, 2.24) is 14.3 Å². The van der Waals surface area contributed by atoms with Gasteiger partial charge in [0.15, 0.2) is 0 Å². The lowest BCUT2D eigenvalue weighted by atomic mass is 9.78. The number of aromatic nitrogens is 2. The van der Waals surface area contributed by atoms with Crippen LogP contribution in [0.1, 0.15) is 61.4 Å². The van der Waals surface area contributed by atoms with Crippen LogP contribution >= 0.6 is 22.9 Å². The monoisotopic (exact) mass is 536 g/mol. The van der Waals surface area contributed by atoms with Gasteiger partial charge in [0.2, 0.25) is 5.91 Å². The zero-order valence-electron chi connectivity index (χ0n) is 21.8. The first-order valence-corrected chi connectivity index (χ1v) is 14.3. The normalized spacial score (nSPS) is 24.7. The van der Waals surface area contributed by atoms with E-state index >= 15 is 0 Å². The van der Waals surface area contributed by atoms with Gasteiger partial charge in [-0.3, -0.25) is 9.59 Å². The molecule has 9 heteroatoms. The first kappa shape index (κ1) is 25.9. The maximum atomic E-state index is 13.8. The topological polar surface area (TPSA) is 95.8 Å². The van der Waals surface area contributed by atoms with Gasteiger partial charge in [-0.15, -0.1) is 11.3 Å². The molecule has 0 bridgehead atoms. The van der Waals surface area contributed by atoms with Gasteiger partial charge in [-0.05, 0) is 55.4 Å². The van der Waals surface area contributed by atoms with Crippen LogP contribution in [0.15, 0.2) is 40.8 Å². The molecule has 2 amide bonds. The van der Waals surface area contributed by atoms with Gasteiger partial charge in [0.1, 0.15) is 0 Å². The van der Waals surface area contributed by atoms with E-state index in [0.717, 1.165) is 32.3 Å². The molecule has 0 aliphatic carbocycles. The Morgan fingerprint density at radius 3 is 2.54 bits per heavy atom. The molecule has 2 aromatic heterocycles. The second-order valence-corrected chi connectivity index (χ2v) is 12.4. The van der Waals surface area contributed by atoms with Crippen molar-refractivity contribution >= 4 is 40.4 Å². The van der Waals surface area contributed by atoms with Crippen molar-refractivity contribution in [3.8, 4) is 10.4 Å². The molecule has 1 fully saturated rings. The van der Waals surface area contributed by atoms with Gasteiger partial charge < -0.3 is 10.0 Å². The van der Waals surface area contributed by atoms with Gasteiger partial charge in [-0.2, -0.15) is 4.37 Å². The Hall–Kier alpha value is -2.75. The number of benzene rings is 1. The van der Waals surface area contributed by atoms with Crippen LogP contribution in [-0.4, -0.2) is 55.6 Å². The second kappa shape index (κ2) is 9.85. The van der Waals surface area contributed by atoms with E-state index < -0.39 is 11.5 Å². The number of hydrogen-bond acceptors (Lipinski definition) is 7. The number of hydrogen-bond donors (Lipinski definition) is 1. The SMILES string of the molecule is Cc1cc(C(C(=O)N2CC(O)CC2C2=NC(=O)C(C)(c3ccc(-c4scnc4C)cc3)C2)C(C)C)sn1. The van der Waals surface area contributed by atoms with Crippen LogP contribution in [0.4, 0.5) is 0 Å². The summed E-state index contributed by atoms with van der Waals surface area (Å²) in [6.07, 6.45) is 0.179. The molecule has 2 aliphatic heterocycles. The Morgan fingerprint density at radius 1 is 1.22 bits per heavy atom. The predicted molar refractivity (Wildman–Crippen MR) is 147 cm³/mol. The van der Waals surface area contributed by atoms with Crippen LogP contribution in [0.25, 0.3) is 10.4 Å². The molecule has 7 nitrogen and oxygen atoms in total. The Balaban J connectivity index is 1.39. The number of nitrogens with zero attached hydrogens (tertiary/aromatic N) is 4. The van der Waals surface area contributed by atoms with Crippen molar-refractivity contribution in [2.45, 2.75) is 70.9 Å². The molecule has 0 saturated carbocycles. The average Bonchev–Trinajstić information content (AvgIpc) is 3.62. The highest BCUT2D eigenvalue weighted by Crippen LogP contribution is 2.40. The summed E-state index contributed by atoms with van der Waals surface area (Å²) in [6.45, 7) is 10.2. The van der Waals surface area contributed by atoms with E-state index in [1.54, 1.807) is 16.2 Å². The lowest BCUT2D eigenvalue weighted by Crippen LogP contribution is -2.44. The van der Waals surface area contributed by atoms with E-state index in [1.807, 2.05) is 70.5 Å². The van der Waals surface area contributed by atoms with E-state index in [4.69, 9.17) is 0 Å². The zero-order chi connectivity index (χ0) is 26.5. The smallest absolute Gasteiger partial charge is 0.256 e. The highest BCUT2D eigenvalue weighted by Gasteiger charge is 2.48. The lowest BCUT2D eigenvalue weighted by molar-refractivity contribution is -0.134. The van der Waals surface area contributed by atoms with Crippen LogP contribution in [0, 0.1) is 19.8 Å². The lowest BCUT2D eigenvalue weighted by Gasteiger charge is -2.30. The third-order valence-electron chi connectivity index (χ3n) is 7.61. The molecule has 3 aromatic rings. The number of amides is 2. The summed E-state index contributed by atoms with van der Waals surface area (Å²) in [5, 5.41) is 10.6. The fourth-order valence-electron chi connectivity index (χ4n) is 5.53. The van der Waals surface area contributed by atoms with Gasteiger partial charge in [0.25, 0.3) is 5.91 Å². The van der Waals surface area contributed by atoms with E-state index in [0.29, 0.717) is 18.6 Å². The first-order valence-electron chi connectivity index (χ1n) is 12.6. The summed E-state index contributed by atoms with van der Waals surface area (Å²) in [5.74, 6) is -0.501. The van der Waals surface area contributed by atoms with Crippen LogP contribution in [0.2, 0.25) is 0 Å². The standard InChI is InChI=1S/C28H32N4O3S2/c1-15(2)24(23-10-16(3)31-37-23)26(34)32-13-20(33)11-22(32)21-12-28(5,27(35)30-21)19-8-6-18(7-9-19)25-17(4)29-14-36-25/h6-10,14-15,20,22,24,33H,11-13H2,1-5H3. The first-order chi connectivity index (χ1) is 17.6. The van der Waals surface area contributed by atoms with E-state index in [1.165, 1.54) is 11.5 Å². The van der Waals surface area contributed by atoms with Crippen molar-refractivity contribution in [1.29, 1.82) is 0 Å². The highest BCUT2D eigenvalue weighted by atomic mass is 32.1. The molecule has 2 aliphatic rings. The number of carbonyl (C=O) groups is 2. The van der Waals surface area contributed by atoms with Crippen LogP contribution in [0.5, 0.6) is 0 Å². The van der Waals surface area contributed by atoms with Gasteiger partial charge >= 0.3 is 0 Å². The molecule has 4 atom stereocenters. The van der Waals surface area contributed by atoms with E-state index in [2.05, 4.69) is 14.3 Å². The fourth-order valence-corrected chi connectivity index (χ4v) is 7.36. The molecule has 0 spiro atoms. The molecule has 1 N–H and O–H groups in total. The zero-order valence-corrected chi connectivity index (χ0v) is 23.4. The predicted octanol–water partition coefficient (Wildman–Crippen LogP) is 4.91. The van der Waals surface area contributed by atoms with Crippen molar-refractivity contribution < 1.29 is 14.7 Å². The van der Waals surface area contributed by atoms with E-state index in [-0.39, 0.29) is 36.2 Å². The minimum absolute atomic E-state index is 0.0340. The van der Waals surface area contributed by atoms with Crippen molar-refractivity contribution in [3.05, 3.63) is 57.7 Å². The van der Waals surface area contributed by atoms with Crippen LogP contribution in [0.3, 0.4) is 0 Å². The molecule has 37 heavy (non-hydrogen) atoms. The summed E-state index contributed by atoms with van der Waals surface area (Å²) in [5.41, 5.74) is 5.59. The van der Waals surface area contributed by atoms with Gasteiger partial charge in [0, 0.05) is 30.0 Å². The Morgan fingerprint density at radius 2 is 1.95 bits per heavy atom. The van der Waals surface area contributed by atoms with Gasteiger partial charge in [-0.25, -0.2) is 9.98 Å². The summed E-state index contributed by atoms with van der Waals surface area (Å²) in [7, 11) is 0. The van der Waals surface area contributed by atoms with Crippen LogP contribution in [-0.2, 0) is 15.0 Å². The molecular formula is C28H32N4O3S2. The minimum atomic E-state index is -0.800. The van der Waals surface area contributed by atoms with Crippen molar-refractivity contribution in [2.24, 2.45) is 10.9 Å². The molecule has 4 heterocycles. The number of aryl methyl sites for hydroxylation is 2. The Labute approximate surface area is 225 Å². The maximum Gasteiger partial charge on any atom is 0.256 e. The number of likely N-dealkylation sites (tertiary alicyclic amines) is 1. The van der Waals surface area contributed by atoms with Crippen LogP contribution < -0.4 is 0 Å². The summed E-state index contributed by atoms with van der Waals surface area (Å²) < 4.78 is 4.38. The Kier molecular flexibility index (Phi) is 6.89. The molecule has 0 radical (unpaired) electrons. The van der Waals surface area contributed by atoms with Gasteiger partial charge in [-0.1, -0.05) is 38.1 Å². The third-order valence-corrected chi connectivity index (χ3v) is 9.55. The molecular weight excluding hydrogens is 504 g/mol. The quantitative estimate of drug-likeness (QED) is 0.483. The number of aliphatic imine (C=N–C) groups is 1. The number of aliphatic hydroxyl groups excluding tert-OH is 1. The number of carbonyl (C=O) groups excluding carboxylic acids is 2. The molecule has 4 unspecified atom stereocenters. The molecule has 5 rings (SSSR count).